The zero-order valence-electron chi connectivity index (χ0n) is 17.3. The Balaban J connectivity index is 1.67. The van der Waals surface area contributed by atoms with Crippen molar-refractivity contribution in [2.75, 3.05) is 22.2 Å². The average Bonchev–Trinajstić information content (AvgIpc) is 3.13. The third kappa shape index (κ3) is 3.41. The van der Waals surface area contributed by atoms with Crippen molar-refractivity contribution in [3.63, 3.8) is 0 Å². The summed E-state index contributed by atoms with van der Waals surface area (Å²) < 4.78 is 1.74. The average molecular weight is 391 g/mol. The number of nitrogens with one attached hydrogen (secondary N) is 1. The molecule has 150 valence electrons. The molecule has 0 saturated carbocycles. The highest BCUT2D eigenvalue weighted by molar-refractivity contribution is 6.05. The van der Waals surface area contributed by atoms with E-state index >= 15 is 0 Å². The summed E-state index contributed by atoms with van der Waals surface area (Å²) in [5.74, 6) is 0.593. The van der Waals surface area contributed by atoms with Crippen LogP contribution in [0.1, 0.15) is 20.8 Å². The number of fused-ring (bicyclic) bond motifs is 1. The lowest BCUT2D eigenvalue weighted by Gasteiger charge is -2.42. The molecule has 1 aliphatic rings. The molecule has 1 aliphatic heterocycles. The molecule has 1 amide bonds. The van der Waals surface area contributed by atoms with Crippen molar-refractivity contribution < 1.29 is 4.79 Å². The molecular formula is C21H25N7O. The fourth-order valence-electron chi connectivity index (χ4n) is 3.79. The van der Waals surface area contributed by atoms with Gasteiger partial charge in [0.2, 0.25) is 11.9 Å². The van der Waals surface area contributed by atoms with Crippen molar-refractivity contribution in [2.45, 2.75) is 32.9 Å². The van der Waals surface area contributed by atoms with Crippen LogP contribution in [-0.4, -0.2) is 44.8 Å². The molecule has 1 aromatic carbocycles. The molecule has 3 heterocycles. The maximum atomic E-state index is 12.6. The lowest BCUT2D eigenvalue weighted by Crippen LogP contribution is -2.53. The van der Waals surface area contributed by atoms with Gasteiger partial charge >= 0.3 is 0 Å². The Hall–Kier alpha value is -3.42. The van der Waals surface area contributed by atoms with E-state index in [9.17, 15) is 4.79 Å². The van der Waals surface area contributed by atoms with Gasteiger partial charge in [-0.2, -0.15) is 5.10 Å². The molecule has 1 N–H and O–H groups in total. The Morgan fingerprint density at radius 3 is 2.55 bits per heavy atom. The predicted molar refractivity (Wildman–Crippen MR) is 114 cm³/mol. The van der Waals surface area contributed by atoms with Gasteiger partial charge in [-0.25, -0.2) is 9.97 Å². The lowest BCUT2D eigenvalue weighted by molar-refractivity contribution is -0.119. The normalized spacial score (nSPS) is 16.3. The number of rotatable bonds is 4. The topological polar surface area (TPSA) is 79.2 Å². The van der Waals surface area contributed by atoms with Crippen LogP contribution in [0.2, 0.25) is 0 Å². The summed E-state index contributed by atoms with van der Waals surface area (Å²) in [4.78, 5) is 25.4. The molecule has 1 atom stereocenters. The van der Waals surface area contributed by atoms with Gasteiger partial charge in [0, 0.05) is 38.2 Å². The second kappa shape index (κ2) is 7.20. The number of carbonyl (C=O) groups excluding carboxylic acids is 1. The van der Waals surface area contributed by atoms with Gasteiger partial charge in [-0.3, -0.25) is 9.48 Å². The minimum Gasteiger partial charge on any atom is -0.356 e. The number of nitrogens with zero attached hydrogens (tertiary/aromatic N) is 6. The van der Waals surface area contributed by atoms with Crippen LogP contribution in [-0.2, 0) is 11.8 Å². The first kappa shape index (κ1) is 18.9. The van der Waals surface area contributed by atoms with E-state index in [4.69, 9.17) is 0 Å². The number of hydrogen-bond acceptors (Lipinski definition) is 6. The molecule has 3 aromatic rings. The van der Waals surface area contributed by atoms with Crippen LogP contribution in [0.5, 0.6) is 0 Å². The van der Waals surface area contributed by atoms with Crippen molar-refractivity contribution in [1.82, 2.24) is 19.7 Å². The van der Waals surface area contributed by atoms with Crippen molar-refractivity contribution in [2.24, 2.45) is 7.05 Å². The minimum absolute atomic E-state index is 0.0957. The van der Waals surface area contributed by atoms with Gasteiger partial charge in [-0.1, -0.05) is 0 Å². The highest BCUT2D eigenvalue weighted by Crippen LogP contribution is 2.39. The third-order valence-corrected chi connectivity index (χ3v) is 5.16. The Morgan fingerprint density at radius 2 is 1.86 bits per heavy atom. The molecule has 8 nitrogen and oxygen atoms in total. The fraction of sp³-hybridized carbons (Fsp3) is 0.333. The second-order valence-electron chi connectivity index (χ2n) is 7.54. The highest BCUT2D eigenvalue weighted by atomic mass is 16.2. The number of hydrogen-bond donors (Lipinski definition) is 1. The molecule has 0 bridgehead atoms. The zero-order valence-corrected chi connectivity index (χ0v) is 17.3. The van der Waals surface area contributed by atoms with Gasteiger partial charge in [0.1, 0.15) is 11.7 Å². The second-order valence-corrected chi connectivity index (χ2v) is 7.54. The van der Waals surface area contributed by atoms with Crippen LogP contribution in [0.15, 0.2) is 42.7 Å². The standard InChI is InChI=1S/C21H25N7O/c1-13(2)28-14(3)20(29)27(5)18-7-6-15(12-19(18)28)23-21-22-10-8-16(24-21)17-9-11-26(4)25-17/h6-14H,1-5H3,(H,22,23,24). The van der Waals surface area contributed by atoms with Crippen LogP contribution in [0.3, 0.4) is 0 Å². The van der Waals surface area contributed by atoms with Gasteiger partial charge in [0.05, 0.1) is 17.1 Å². The largest absolute Gasteiger partial charge is 0.356 e. The van der Waals surface area contributed by atoms with Crippen LogP contribution >= 0.6 is 0 Å². The lowest BCUT2D eigenvalue weighted by atomic mass is 10.0. The summed E-state index contributed by atoms with van der Waals surface area (Å²) in [6.07, 6.45) is 3.60. The van der Waals surface area contributed by atoms with Gasteiger partial charge in [0.25, 0.3) is 0 Å². The molecular weight excluding hydrogens is 366 g/mol. The van der Waals surface area contributed by atoms with Crippen LogP contribution in [0.25, 0.3) is 11.4 Å². The highest BCUT2D eigenvalue weighted by Gasteiger charge is 2.34. The van der Waals surface area contributed by atoms with E-state index in [1.807, 2.05) is 57.5 Å². The molecule has 2 aromatic heterocycles. The maximum Gasteiger partial charge on any atom is 0.249 e. The fourth-order valence-corrected chi connectivity index (χ4v) is 3.79. The quantitative estimate of drug-likeness (QED) is 0.736. The molecule has 8 heteroatoms. The number of likely N-dealkylation sites (N-methyl/N-ethyl adjacent to an activating group) is 1. The smallest absolute Gasteiger partial charge is 0.249 e. The zero-order chi connectivity index (χ0) is 20.7. The van der Waals surface area contributed by atoms with Gasteiger partial charge in [-0.15, -0.1) is 0 Å². The summed E-state index contributed by atoms with van der Waals surface area (Å²) in [6.45, 7) is 6.14. The summed E-state index contributed by atoms with van der Waals surface area (Å²) >= 11 is 0. The van der Waals surface area contributed by atoms with Crippen molar-refractivity contribution in [3.8, 4) is 11.4 Å². The number of benzene rings is 1. The summed E-state index contributed by atoms with van der Waals surface area (Å²) in [5, 5.41) is 7.68. The maximum absolute atomic E-state index is 12.6. The van der Waals surface area contributed by atoms with E-state index in [0.29, 0.717) is 5.95 Å². The Bertz CT molecular complexity index is 1060. The monoisotopic (exact) mass is 391 g/mol. The number of aromatic nitrogens is 4. The van der Waals surface area contributed by atoms with Gasteiger partial charge in [0.15, 0.2) is 0 Å². The van der Waals surface area contributed by atoms with E-state index in [1.165, 1.54) is 0 Å². The van der Waals surface area contributed by atoms with Crippen LogP contribution in [0, 0.1) is 0 Å². The molecule has 0 aliphatic carbocycles. The number of amides is 1. The molecule has 29 heavy (non-hydrogen) atoms. The first-order chi connectivity index (χ1) is 13.8. The first-order valence-electron chi connectivity index (χ1n) is 9.65. The Labute approximate surface area is 170 Å². The van der Waals surface area contributed by atoms with Crippen LogP contribution in [0.4, 0.5) is 23.0 Å². The summed E-state index contributed by atoms with van der Waals surface area (Å²) in [6, 6.07) is 9.67. The van der Waals surface area contributed by atoms with E-state index in [0.717, 1.165) is 28.5 Å². The van der Waals surface area contributed by atoms with E-state index in [-0.39, 0.29) is 18.0 Å². The molecule has 4 rings (SSSR count). The van der Waals surface area contributed by atoms with Gasteiger partial charge < -0.3 is 15.1 Å². The molecule has 0 radical (unpaired) electrons. The number of anilines is 4. The SMILES string of the molecule is CC(C)N1c2cc(Nc3nccc(-c4ccn(C)n4)n3)ccc2N(C)C(=O)C1C. The van der Waals surface area contributed by atoms with E-state index in [1.54, 1.807) is 15.8 Å². The van der Waals surface area contributed by atoms with E-state index < -0.39 is 0 Å². The molecule has 1 unspecified atom stereocenters. The molecule has 0 saturated heterocycles. The number of carbonyl (C=O) groups is 1. The molecule has 0 spiro atoms. The summed E-state index contributed by atoms with van der Waals surface area (Å²) in [5.41, 5.74) is 4.32. The van der Waals surface area contributed by atoms with E-state index in [2.05, 4.69) is 39.1 Å². The van der Waals surface area contributed by atoms with Crippen molar-refractivity contribution in [1.29, 1.82) is 0 Å². The number of aryl methyl sites for hydroxylation is 1. The minimum atomic E-state index is -0.216. The Kier molecular flexibility index (Phi) is 4.70. The van der Waals surface area contributed by atoms with Crippen LogP contribution < -0.4 is 15.1 Å². The van der Waals surface area contributed by atoms with Gasteiger partial charge in [-0.05, 0) is 51.1 Å². The molecule has 0 fully saturated rings. The Morgan fingerprint density at radius 1 is 1.07 bits per heavy atom. The third-order valence-electron chi connectivity index (χ3n) is 5.16. The first-order valence-corrected chi connectivity index (χ1v) is 9.65. The predicted octanol–water partition coefficient (Wildman–Crippen LogP) is 3.20. The summed E-state index contributed by atoms with van der Waals surface area (Å²) in [7, 11) is 3.70. The van der Waals surface area contributed by atoms with Crippen molar-refractivity contribution in [3.05, 3.63) is 42.7 Å². The van der Waals surface area contributed by atoms with Crippen molar-refractivity contribution >= 4 is 28.9 Å².